The van der Waals surface area contributed by atoms with E-state index < -0.39 is 70.7 Å². The standard InChI is InChI=1S/C59H74F2N12O6/c1-38(41-25-23-40(32-62)24-26-41)33-66-52(42-17-11-10-12-18-42)57(78)69-49-28-27-43(34-65-49)44-35-67-72(36-44)30-16-22-50(74)64-29-14-9-7-8-13-21-51(75)68-45-31-48(56(77)70-53-46(60)19-15-20-47(53)61)73(37-45)58(79)54(59(3,4)5)71-55(76)39(2)63-6/h10-12,15,17-20,23-28,34-36,38-39,45,48,52,54,63,66H,7-9,13-14,16,21-22,29-31,33,37H2,1-6H3,(H,64,74)(H,68,75)(H,70,77)(H,71,76)(H,65,69,78)/t38-,39+,45+,48+,52-,54-/m1/s1. The highest BCUT2D eigenvalue weighted by Crippen LogP contribution is 2.29. The number of pyridine rings is 1. The Bertz CT molecular complexity index is 2870. The van der Waals surface area contributed by atoms with Crippen molar-refractivity contribution in [2.24, 2.45) is 5.41 Å². The van der Waals surface area contributed by atoms with E-state index in [0.29, 0.717) is 50.3 Å². The van der Waals surface area contributed by atoms with Gasteiger partial charge in [0.1, 0.15) is 41.3 Å². The van der Waals surface area contributed by atoms with Gasteiger partial charge in [0, 0.05) is 68.6 Å². The van der Waals surface area contributed by atoms with E-state index in [4.69, 9.17) is 5.26 Å². The number of nitrogens with zero attached hydrogens (tertiary/aromatic N) is 5. The van der Waals surface area contributed by atoms with Gasteiger partial charge >= 0.3 is 0 Å². The van der Waals surface area contributed by atoms with Crippen LogP contribution in [0.15, 0.2) is 104 Å². The highest BCUT2D eigenvalue weighted by molar-refractivity contribution is 6.00. The molecule has 7 N–H and O–H groups in total. The van der Waals surface area contributed by atoms with Gasteiger partial charge in [-0.2, -0.15) is 10.4 Å². The monoisotopic (exact) mass is 1080 g/mol. The summed E-state index contributed by atoms with van der Waals surface area (Å²) in [5, 5.41) is 33.8. The van der Waals surface area contributed by atoms with Crippen LogP contribution in [0.2, 0.25) is 0 Å². The summed E-state index contributed by atoms with van der Waals surface area (Å²) in [5.74, 6) is -3.85. The SMILES string of the molecule is CN[C@@H](C)C(=O)N[C@H](C(=O)N1C[C@@H](NC(=O)CCCCCCCNC(=O)CCCn2cc(-c3ccc(NC(=O)[C@H](NC[C@@H](C)c4ccc(C#N)cc4)c4ccccc4)nc3)cn2)C[C@H]1C(=O)Nc1c(F)cccc1F)C(C)(C)C. The molecule has 1 aliphatic heterocycles. The molecule has 5 aromatic rings. The molecule has 18 nitrogen and oxygen atoms in total. The first-order valence-electron chi connectivity index (χ1n) is 27.0. The average molecular weight is 1090 g/mol. The van der Waals surface area contributed by atoms with Crippen LogP contribution < -0.4 is 37.2 Å². The van der Waals surface area contributed by atoms with Crippen LogP contribution >= 0.6 is 0 Å². The molecule has 3 heterocycles. The fourth-order valence-electron chi connectivity index (χ4n) is 9.21. The minimum Gasteiger partial charge on any atom is -0.356 e. The third-order valence-corrected chi connectivity index (χ3v) is 14.0. The van der Waals surface area contributed by atoms with E-state index in [9.17, 15) is 37.5 Å². The Balaban J connectivity index is 0.874. The number of hydrogen-bond donors (Lipinski definition) is 7. The number of aromatic nitrogens is 3. The van der Waals surface area contributed by atoms with Gasteiger partial charge in [-0.1, -0.05) is 95.5 Å². The summed E-state index contributed by atoms with van der Waals surface area (Å²) >= 11 is 0. The van der Waals surface area contributed by atoms with Crippen molar-refractivity contribution in [3.8, 4) is 17.2 Å². The van der Waals surface area contributed by atoms with Crippen LogP contribution in [-0.2, 0) is 35.3 Å². The molecule has 0 saturated carbocycles. The summed E-state index contributed by atoms with van der Waals surface area (Å²) in [7, 11) is 1.61. The fraction of sp³-hybridized carbons (Fsp3) is 0.441. The number of likely N-dealkylation sites (N-methyl/N-ethyl adjacent to an activating group) is 1. The molecule has 1 saturated heterocycles. The Morgan fingerprint density at radius 1 is 0.772 bits per heavy atom. The number of hydrogen-bond acceptors (Lipinski definition) is 11. The highest BCUT2D eigenvalue weighted by atomic mass is 19.1. The zero-order valence-corrected chi connectivity index (χ0v) is 45.9. The number of carbonyl (C=O) groups is 6. The van der Waals surface area contributed by atoms with E-state index in [-0.39, 0.29) is 43.0 Å². The van der Waals surface area contributed by atoms with Gasteiger partial charge in [0.2, 0.25) is 35.4 Å². The lowest BCUT2D eigenvalue weighted by molar-refractivity contribution is -0.143. The van der Waals surface area contributed by atoms with Gasteiger partial charge in [-0.3, -0.25) is 33.4 Å². The summed E-state index contributed by atoms with van der Waals surface area (Å²) in [6.07, 6.45) is 10.3. The topological polar surface area (TPSA) is 244 Å². The van der Waals surface area contributed by atoms with Crippen LogP contribution in [0.5, 0.6) is 0 Å². The lowest BCUT2D eigenvalue weighted by Gasteiger charge is -2.36. The number of amides is 6. The van der Waals surface area contributed by atoms with Crippen molar-refractivity contribution in [1.29, 1.82) is 5.26 Å². The van der Waals surface area contributed by atoms with Crippen molar-refractivity contribution >= 4 is 46.9 Å². The lowest BCUT2D eigenvalue weighted by atomic mass is 9.85. The number of rotatable bonds is 27. The molecule has 6 amide bonds. The van der Waals surface area contributed by atoms with Crippen molar-refractivity contribution in [3.05, 3.63) is 132 Å². The van der Waals surface area contributed by atoms with Crippen LogP contribution in [0.25, 0.3) is 11.1 Å². The number of nitriles is 1. The summed E-state index contributed by atoms with van der Waals surface area (Å²) in [6, 6.07) is 21.7. The van der Waals surface area contributed by atoms with Gasteiger partial charge < -0.3 is 42.1 Å². The quantitative estimate of drug-likeness (QED) is 0.0258. The van der Waals surface area contributed by atoms with Crippen molar-refractivity contribution in [3.63, 3.8) is 0 Å². The second kappa shape index (κ2) is 29.2. The first-order chi connectivity index (χ1) is 37.8. The lowest BCUT2D eigenvalue weighted by Crippen LogP contribution is -2.59. The van der Waals surface area contributed by atoms with Gasteiger partial charge in [-0.15, -0.1) is 0 Å². The largest absolute Gasteiger partial charge is 0.356 e. The minimum absolute atomic E-state index is 0.00806. The molecule has 420 valence electrons. The van der Waals surface area contributed by atoms with E-state index in [0.717, 1.165) is 60.1 Å². The zero-order chi connectivity index (χ0) is 57.1. The van der Waals surface area contributed by atoms with Gasteiger partial charge in [-0.25, -0.2) is 13.8 Å². The van der Waals surface area contributed by atoms with Gasteiger partial charge in [0.15, 0.2) is 0 Å². The first kappa shape index (κ1) is 60.3. The molecule has 6 atom stereocenters. The normalized spacial score (nSPS) is 15.7. The molecule has 0 unspecified atom stereocenters. The molecule has 1 aliphatic rings. The number of halogens is 2. The zero-order valence-electron chi connectivity index (χ0n) is 45.9. The number of aryl methyl sites for hydroxylation is 1. The predicted molar refractivity (Wildman–Crippen MR) is 298 cm³/mol. The summed E-state index contributed by atoms with van der Waals surface area (Å²) in [4.78, 5) is 86.0. The summed E-state index contributed by atoms with van der Waals surface area (Å²) in [6.45, 7) is 10.6. The maximum Gasteiger partial charge on any atom is 0.247 e. The third-order valence-electron chi connectivity index (χ3n) is 14.0. The van der Waals surface area contributed by atoms with Gasteiger partial charge in [0.05, 0.1) is 23.9 Å². The number of para-hydroxylation sites is 1. The number of likely N-dealkylation sites (tertiary alicyclic amines) is 1. The first-order valence-corrected chi connectivity index (χ1v) is 27.0. The predicted octanol–water partition coefficient (Wildman–Crippen LogP) is 7.27. The minimum atomic E-state index is -1.20. The van der Waals surface area contributed by atoms with E-state index in [1.807, 2.05) is 54.7 Å². The molecule has 2 aromatic heterocycles. The average Bonchev–Trinajstić information content (AvgIpc) is 4.14. The van der Waals surface area contributed by atoms with Crippen LogP contribution in [0.4, 0.5) is 20.3 Å². The second-order valence-corrected chi connectivity index (χ2v) is 21.2. The molecule has 79 heavy (non-hydrogen) atoms. The molecule has 0 radical (unpaired) electrons. The molecular formula is C59H74F2N12O6. The van der Waals surface area contributed by atoms with Gasteiger partial charge in [0.25, 0.3) is 0 Å². The molecule has 0 bridgehead atoms. The Kier molecular flexibility index (Phi) is 22.3. The van der Waals surface area contributed by atoms with E-state index in [1.54, 1.807) is 70.0 Å². The van der Waals surface area contributed by atoms with E-state index in [1.165, 1.54) is 11.0 Å². The van der Waals surface area contributed by atoms with Crippen molar-refractivity contribution in [2.45, 2.75) is 135 Å². The molecule has 0 spiro atoms. The Hall–Kier alpha value is -7.89. The maximum absolute atomic E-state index is 14.6. The molecule has 6 rings (SSSR count). The smallest absolute Gasteiger partial charge is 0.247 e. The second-order valence-electron chi connectivity index (χ2n) is 21.2. The molecule has 20 heteroatoms. The molecule has 3 aromatic carbocycles. The molecular weight excluding hydrogens is 1010 g/mol. The van der Waals surface area contributed by atoms with E-state index >= 15 is 0 Å². The number of unbranched alkanes of at least 4 members (excludes halogenated alkanes) is 4. The summed E-state index contributed by atoms with van der Waals surface area (Å²) in [5.41, 5.74) is 2.70. The number of anilines is 2. The van der Waals surface area contributed by atoms with Crippen molar-refractivity contribution in [1.82, 2.24) is 46.2 Å². The van der Waals surface area contributed by atoms with Crippen LogP contribution in [0.1, 0.15) is 121 Å². The van der Waals surface area contributed by atoms with Crippen molar-refractivity contribution in [2.75, 3.05) is 37.3 Å². The van der Waals surface area contributed by atoms with Crippen LogP contribution in [0.3, 0.4) is 0 Å². The Morgan fingerprint density at radius 2 is 1.47 bits per heavy atom. The number of benzene rings is 3. The Labute approximate surface area is 461 Å². The maximum atomic E-state index is 14.6. The summed E-state index contributed by atoms with van der Waals surface area (Å²) < 4.78 is 30.9. The highest BCUT2D eigenvalue weighted by Gasteiger charge is 2.45. The van der Waals surface area contributed by atoms with E-state index in [2.05, 4.69) is 60.3 Å². The number of carbonyl (C=O) groups excluding carboxylic acids is 6. The number of nitrogens with one attached hydrogen (secondary N) is 7. The Morgan fingerprint density at radius 3 is 2.14 bits per heavy atom. The van der Waals surface area contributed by atoms with Crippen molar-refractivity contribution < 1.29 is 37.5 Å². The van der Waals surface area contributed by atoms with Gasteiger partial charge in [-0.05, 0) is 98.5 Å². The van der Waals surface area contributed by atoms with Crippen LogP contribution in [0, 0.1) is 28.4 Å². The third kappa shape index (κ3) is 17.8. The molecule has 1 fully saturated rings. The fourth-order valence-corrected chi connectivity index (χ4v) is 9.21. The van der Waals surface area contributed by atoms with Crippen LogP contribution in [-0.4, -0.2) is 106 Å². The molecule has 0 aliphatic carbocycles.